The van der Waals surface area contributed by atoms with Gasteiger partial charge < -0.3 is 9.47 Å². The minimum absolute atomic E-state index is 0.0691. The minimum Gasteiger partial charge on any atom is -0.462 e. The number of ether oxygens (including phenoxy) is 2. The maximum Gasteiger partial charge on any atom is 0.387 e. The summed E-state index contributed by atoms with van der Waals surface area (Å²) in [5.41, 5.74) is -0.318. The second kappa shape index (κ2) is 6.17. The van der Waals surface area contributed by atoms with Crippen LogP contribution in [0.25, 0.3) is 0 Å². The summed E-state index contributed by atoms with van der Waals surface area (Å²) in [5.74, 6) is -1.40. The maximum atomic E-state index is 12.2. The van der Waals surface area contributed by atoms with Crippen LogP contribution in [0.2, 0.25) is 5.02 Å². The highest BCUT2D eigenvalue weighted by molar-refractivity contribution is 6.33. The van der Waals surface area contributed by atoms with Crippen molar-refractivity contribution in [3.05, 3.63) is 28.3 Å². The van der Waals surface area contributed by atoms with E-state index in [4.69, 9.17) is 16.9 Å². The van der Waals surface area contributed by atoms with E-state index in [1.54, 1.807) is 13.0 Å². The second-order valence-corrected chi connectivity index (χ2v) is 3.39. The highest BCUT2D eigenvalue weighted by Gasteiger charge is 2.22. The first-order valence-corrected chi connectivity index (χ1v) is 5.23. The molecular formula is C11H8ClF2NO3. The molecule has 96 valence electrons. The zero-order valence-electron chi connectivity index (χ0n) is 9.25. The lowest BCUT2D eigenvalue weighted by Gasteiger charge is -2.12. The third-order valence-corrected chi connectivity index (χ3v) is 2.30. The van der Waals surface area contributed by atoms with Gasteiger partial charge in [0.15, 0.2) is 5.75 Å². The standard InChI is InChI=1S/C11H8ClF2NO3/c1-2-17-10(16)7-4-3-6(5-15)8(12)9(7)18-11(13)14/h3-4,11H,2H2,1H3. The van der Waals surface area contributed by atoms with Gasteiger partial charge in [0, 0.05) is 0 Å². The van der Waals surface area contributed by atoms with Crippen LogP contribution in [0.5, 0.6) is 5.75 Å². The summed E-state index contributed by atoms with van der Waals surface area (Å²) < 4.78 is 33.3. The Morgan fingerprint density at radius 1 is 1.56 bits per heavy atom. The summed E-state index contributed by atoms with van der Waals surface area (Å²) >= 11 is 5.71. The number of halogens is 3. The number of hydrogen-bond acceptors (Lipinski definition) is 4. The molecule has 7 heteroatoms. The molecule has 0 aliphatic carbocycles. The van der Waals surface area contributed by atoms with Crippen molar-refractivity contribution >= 4 is 17.6 Å². The lowest BCUT2D eigenvalue weighted by molar-refractivity contribution is -0.0504. The summed E-state index contributed by atoms with van der Waals surface area (Å²) in [6, 6.07) is 4.08. The number of nitriles is 1. The molecule has 1 aromatic rings. The number of esters is 1. The SMILES string of the molecule is CCOC(=O)c1ccc(C#N)c(Cl)c1OC(F)F. The average Bonchev–Trinajstić information content (AvgIpc) is 2.31. The van der Waals surface area contributed by atoms with E-state index >= 15 is 0 Å². The molecule has 0 aromatic heterocycles. The van der Waals surface area contributed by atoms with Gasteiger partial charge in [-0.15, -0.1) is 0 Å². The largest absolute Gasteiger partial charge is 0.462 e. The molecule has 0 spiro atoms. The third-order valence-electron chi connectivity index (χ3n) is 1.92. The Kier molecular flexibility index (Phi) is 4.86. The van der Waals surface area contributed by atoms with E-state index in [0.717, 1.165) is 6.07 Å². The Bertz CT molecular complexity index is 500. The molecule has 0 amide bonds. The molecule has 0 unspecified atom stereocenters. The molecule has 1 rings (SSSR count). The smallest absolute Gasteiger partial charge is 0.387 e. The van der Waals surface area contributed by atoms with Gasteiger partial charge in [-0.1, -0.05) is 11.6 Å². The summed E-state index contributed by atoms with van der Waals surface area (Å²) in [4.78, 5) is 11.5. The van der Waals surface area contributed by atoms with Gasteiger partial charge in [-0.25, -0.2) is 4.79 Å². The van der Waals surface area contributed by atoms with Gasteiger partial charge >= 0.3 is 12.6 Å². The third kappa shape index (κ3) is 3.08. The quantitative estimate of drug-likeness (QED) is 0.793. The van der Waals surface area contributed by atoms with E-state index < -0.39 is 18.3 Å². The van der Waals surface area contributed by atoms with Crippen LogP contribution in [-0.2, 0) is 4.74 Å². The van der Waals surface area contributed by atoms with Gasteiger partial charge in [-0.2, -0.15) is 14.0 Å². The fourth-order valence-corrected chi connectivity index (χ4v) is 1.47. The Balaban J connectivity index is 3.29. The van der Waals surface area contributed by atoms with Gasteiger partial charge in [0.2, 0.25) is 0 Å². The molecule has 0 saturated heterocycles. The van der Waals surface area contributed by atoms with Crippen LogP contribution >= 0.6 is 11.6 Å². The first-order chi connectivity index (χ1) is 8.51. The predicted octanol–water partition coefficient (Wildman–Crippen LogP) is 2.99. The number of alkyl halides is 2. The molecule has 1 aromatic carbocycles. The van der Waals surface area contributed by atoms with Crippen LogP contribution < -0.4 is 4.74 Å². The van der Waals surface area contributed by atoms with Gasteiger partial charge in [0.1, 0.15) is 16.7 Å². The highest BCUT2D eigenvalue weighted by atomic mass is 35.5. The number of nitrogens with zero attached hydrogens (tertiary/aromatic N) is 1. The van der Waals surface area contributed by atoms with E-state index in [2.05, 4.69) is 9.47 Å². The van der Waals surface area contributed by atoms with E-state index in [9.17, 15) is 13.6 Å². The summed E-state index contributed by atoms with van der Waals surface area (Å²) in [6.45, 7) is -1.52. The van der Waals surface area contributed by atoms with Crippen LogP contribution in [0.15, 0.2) is 12.1 Å². The fraction of sp³-hybridized carbons (Fsp3) is 0.273. The predicted molar refractivity (Wildman–Crippen MR) is 58.8 cm³/mol. The van der Waals surface area contributed by atoms with Crippen molar-refractivity contribution < 1.29 is 23.0 Å². The average molecular weight is 276 g/mol. The molecule has 0 bridgehead atoms. The van der Waals surface area contributed by atoms with E-state index in [1.807, 2.05) is 0 Å². The van der Waals surface area contributed by atoms with Crippen molar-refractivity contribution in [1.29, 1.82) is 5.26 Å². The molecule has 0 aliphatic heterocycles. The summed E-state index contributed by atoms with van der Waals surface area (Å²) in [5, 5.41) is 8.37. The molecule has 18 heavy (non-hydrogen) atoms. The topological polar surface area (TPSA) is 59.3 Å². The molecule has 0 saturated carbocycles. The number of carbonyl (C=O) groups is 1. The Morgan fingerprint density at radius 2 is 2.22 bits per heavy atom. The number of benzene rings is 1. The van der Waals surface area contributed by atoms with Crippen molar-refractivity contribution in [2.24, 2.45) is 0 Å². The number of hydrogen-bond donors (Lipinski definition) is 0. The number of carbonyl (C=O) groups excluding carboxylic acids is 1. The summed E-state index contributed by atoms with van der Waals surface area (Å²) in [7, 11) is 0. The van der Waals surface area contributed by atoms with E-state index in [1.165, 1.54) is 6.07 Å². The Hall–Kier alpha value is -1.87. The first-order valence-electron chi connectivity index (χ1n) is 4.85. The maximum absolute atomic E-state index is 12.2. The fourth-order valence-electron chi connectivity index (χ4n) is 1.22. The van der Waals surface area contributed by atoms with Gasteiger partial charge in [-0.3, -0.25) is 0 Å². The van der Waals surface area contributed by atoms with E-state index in [-0.39, 0.29) is 22.8 Å². The Morgan fingerprint density at radius 3 is 2.72 bits per heavy atom. The van der Waals surface area contributed by atoms with Crippen LogP contribution in [0.1, 0.15) is 22.8 Å². The minimum atomic E-state index is -3.16. The lowest BCUT2D eigenvalue weighted by Crippen LogP contribution is -2.11. The molecule has 0 atom stereocenters. The van der Waals surface area contributed by atoms with Crippen molar-refractivity contribution in [2.45, 2.75) is 13.5 Å². The van der Waals surface area contributed by atoms with Crippen LogP contribution in [0.3, 0.4) is 0 Å². The lowest BCUT2D eigenvalue weighted by atomic mass is 10.1. The molecule has 4 nitrogen and oxygen atoms in total. The summed E-state index contributed by atoms with van der Waals surface area (Å²) in [6.07, 6.45) is 0. The van der Waals surface area contributed by atoms with Crippen LogP contribution in [0, 0.1) is 11.3 Å². The zero-order valence-corrected chi connectivity index (χ0v) is 10.0. The van der Waals surface area contributed by atoms with E-state index in [0.29, 0.717) is 0 Å². The normalized spacial score (nSPS) is 10.0. The van der Waals surface area contributed by atoms with Crippen molar-refractivity contribution in [3.63, 3.8) is 0 Å². The van der Waals surface area contributed by atoms with Crippen molar-refractivity contribution in [3.8, 4) is 11.8 Å². The first kappa shape index (κ1) is 14.2. The molecule has 0 N–H and O–H groups in total. The van der Waals surface area contributed by atoms with Gasteiger partial charge in [0.25, 0.3) is 0 Å². The van der Waals surface area contributed by atoms with Crippen LogP contribution in [0.4, 0.5) is 8.78 Å². The monoisotopic (exact) mass is 275 g/mol. The Labute approximate surface area is 107 Å². The molecule has 0 radical (unpaired) electrons. The second-order valence-electron chi connectivity index (χ2n) is 3.01. The van der Waals surface area contributed by atoms with Crippen molar-refractivity contribution in [2.75, 3.05) is 6.61 Å². The highest BCUT2D eigenvalue weighted by Crippen LogP contribution is 2.33. The molecule has 0 fully saturated rings. The number of rotatable bonds is 4. The molecular weight excluding hydrogens is 268 g/mol. The zero-order chi connectivity index (χ0) is 13.7. The van der Waals surface area contributed by atoms with Gasteiger partial charge in [0.05, 0.1) is 12.2 Å². The van der Waals surface area contributed by atoms with Crippen molar-refractivity contribution in [1.82, 2.24) is 0 Å². The molecule has 0 heterocycles. The van der Waals surface area contributed by atoms with Crippen LogP contribution in [-0.4, -0.2) is 19.2 Å². The molecule has 0 aliphatic rings. The van der Waals surface area contributed by atoms with Gasteiger partial charge in [-0.05, 0) is 19.1 Å².